The van der Waals surface area contributed by atoms with Gasteiger partial charge in [-0.3, -0.25) is 14.2 Å². The van der Waals surface area contributed by atoms with Crippen LogP contribution in [0.3, 0.4) is 0 Å². The van der Waals surface area contributed by atoms with Crippen molar-refractivity contribution in [3.05, 3.63) is 47.3 Å². The average Bonchev–Trinajstić information content (AvgIpc) is 4.05. The van der Waals surface area contributed by atoms with Crippen molar-refractivity contribution in [2.24, 2.45) is 23.7 Å². The lowest BCUT2D eigenvalue weighted by Crippen LogP contribution is -2.35. The number of aryl methyl sites for hydroxylation is 4. The molecule has 0 amide bonds. The molecule has 2 N–H and O–H groups in total. The fourth-order valence-electron chi connectivity index (χ4n) is 10.9. The van der Waals surface area contributed by atoms with Crippen LogP contribution in [0.4, 0.5) is 11.6 Å². The summed E-state index contributed by atoms with van der Waals surface area (Å²) in [5.74, 6) is 2.84. The molecule has 6 aromatic heterocycles. The molecular formula is C48H58N10O5S4. The molecule has 0 radical (unpaired) electrons. The normalized spacial score (nSPS) is 28.6. The molecule has 67 heavy (non-hydrogen) atoms. The number of hydrogen-bond acceptors (Lipinski definition) is 18. The van der Waals surface area contributed by atoms with E-state index in [0.717, 1.165) is 94.1 Å². The summed E-state index contributed by atoms with van der Waals surface area (Å²) >= 11 is 4.82. The third-order valence-corrected chi connectivity index (χ3v) is 17.4. The highest BCUT2D eigenvalue weighted by atomic mass is 32.2. The highest BCUT2D eigenvalue weighted by molar-refractivity contribution is 7.98. The minimum Gasteiger partial charge on any atom is -0.364 e. The number of thiazole rings is 2. The van der Waals surface area contributed by atoms with Crippen molar-refractivity contribution in [3.8, 4) is 21.1 Å². The summed E-state index contributed by atoms with van der Waals surface area (Å²) in [6.07, 6.45) is 14.6. The standard InChI is InChI=1S/C24H29N5O3S2.C24H29N5O2S2/c1-11-17(22-28-18-12(2)25-9-8-16(18)33-22)21(29-23(26-11)34(5)30)27-15-10-14(13-6-7-13)19-20(15)32-24(3,4)31-19;1-11-17(22-28-18-12(2)25-9-8-16(18)33-22)21(29-23(26-11)32-5)27-15-10-14(13-6-7-13)19-20(15)31-24(3,4)30-19/h8-9,13-15,19-20H,6-7,10H2,1-5H3,(H,26,27,29);8-9,13-15,19-20H,6-7,10H2,1-5H3,(H,26,27,29)/t14-,15-,19-,20+,34?;14-,15-,19-,20+/m11/s1. The van der Waals surface area contributed by atoms with Crippen molar-refractivity contribution in [2.75, 3.05) is 23.1 Å². The van der Waals surface area contributed by atoms with Crippen LogP contribution in [0.15, 0.2) is 34.8 Å². The molecule has 0 bridgehead atoms. The van der Waals surface area contributed by atoms with Gasteiger partial charge in [-0.2, -0.15) is 0 Å². The fraction of sp³-hybridized carbons (Fsp3) is 0.583. The Balaban J connectivity index is 0.000000148. The molecule has 354 valence electrons. The lowest BCUT2D eigenvalue weighted by atomic mass is 9.99. The summed E-state index contributed by atoms with van der Waals surface area (Å²) in [5, 5.41) is 10.3. The van der Waals surface area contributed by atoms with Gasteiger partial charge in [-0.25, -0.2) is 29.9 Å². The van der Waals surface area contributed by atoms with Crippen LogP contribution in [0.2, 0.25) is 0 Å². The molecule has 4 saturated carbocycles. The minimum absolute atomic E-state index is 0.0215. The van der Waals surface area contributed by atoms with E-state index in [0.29, 0.717) is 28.7 Å². The van der Waals surface area contributed by atoms with Gasteiger partial charge in [0.25, 0.3) is 0 Å². The zero-order valence-electron chi connectivity index (χ0n) is 39.6. The van der Waals surface area contributed by atoms with Gasteiger partial charge in [-0.15, -0.1) is 22.7 Å². The van der Waals surface area contributed by atoms with Gasteiger partial charge in [0.1, 0.15) is 44.9 Å². The van der Waals surface area contributed by atoms with Gasteiger partial charge in [0.2, 0.25) is 5.16 Å². The number of aromatic nitrogens is 8. The molecule has 6 aliphatic rings. The Morgan fingerprint density at radius 1 is 0.627 bits per heavy atom. The number of thioether (sulfide) groups is 1. The molecule has 8 heterocycles. The van der Waals surface area contributed by atoms with Crippen LogP contribution in [0.25, 0.3) is 41.6 Å². The maximum atomic E-state index is 12.3. The number of fused-ring (bicyclic) bond motifs is 4. The van der Waals surface area contributed by atoms with Gasteiger partial charge in [-0.05, 0) is 136 Å². The van der Waals surface area contributed by atoms with E-state index in [4.69, 9.17) is 43.9 Å². The molecule has 12 rings (SSSR count). The number of rotatable bonds is 10. The number of pyridine rings is 2. The molecule has 4 aliphatic carbocycles. The van der Waals surface area contributed by atoms with Crippen molar-refractivity contribution in [1.29, 1.82) is 0 Å². The third-order valence-electron chi connectivity index (χ3n) is 14.1. The molecule has 1 unspecified atom stereocenters. The molecule has 15 nitrogen and oxygen atoms in total. The maximum Gasteiger partial charge on any atom is 0.220 e. The van der Waals surface area contributed by atoms with Gasteiger partial charge in [0.15, 0.2) is 16.7 Å². The van der Waals surface area contributed by atoms with Crippen molar-refractivity contribution in [1.82, 2.24) is 39.9 Å². The van der Waals surface area contributed by atoms with Gasteiger partial charge < -0.3 is 29.6 Å². The summed E-state index contributed by atoms with van der Waals surface area (Å²) in [5.41, 5.74) is 7.17. The predicted octanol–water partition coefficient (Wildman–Crippen LogP) is 9.45. The van der Waals surface area contributed by atoms with Crippen LogP contribution < -0.4 is 10.6 Å². The molecule has 0 spiro atoms. The topological polar surface area (TPSA) is 181 Å². The van der Waals surface area contributed by atoms with E-state index in [1.54, 1.807) is 46.9 Å². The summed E-state index contributed by atoms with van der Waals surface area (Å²) in [4.78, 5) is 37.6. The van der Waals surface area contributed by atoms with Crippen LogP contribution in [0.5, 0.6) is 0 Å². The highest BCUT2D eigenvalue weighted by Gasteiger charge is 2.59. The van der Waals surface area contributed by atoms with E-state index in [1.807, 2.05) is 80.0 Å². The highest BCUT2D eigenvalue weighted by Crippen LogP contribution is 2.54. The summed E-state index contributed by atoms with van der Waals surface area (Å²) in [7, 11) is -1.30. The molecular weight excluding hydrogens is 925 g/mol. The summed E-state index contributed by atoms with van der Waals surface area (Å²) in [6, 6.07) is 4.19. The molecule has 6 fully saturated rings. The molecule has 19 heteroatoms. The Morgan fingerprint density at radius 3 is 1.51 bits per heavy atom. The van der Waals surface area contributed by atoms with Crippen molar-refractivity contribution >= 4 is 77.3 Å². The second-order valence-corrected chi connectivity index (χ2v) is 24.0. The van der Waals surface area contributed by atoms with E-state index < -0.39 is 22.4 Å². The maximum absolute atomic E-state index is 12.3. The van der Waals surface area contributed by atoms with Gasteiger partial charge in [0.05, 0.1) is 78.4 Å². The molecule has 0 aromatic carbocycles. The number of ether oxygens (including phenoxy) is 4. The summed E-state index contributed by atoms with van der Waals surface area (Å²) in [6.45, 7) is 16.0. The molecule has 6 aromatic rings. The van der Waals surface area contributed by atoms with E-state index in [1.165, 1.54) is 25.7 Å². The largest absolute Gasteiger partial charge is 0.364 e. The fourth-order valence-corrected chi connectivity index (χ4v) is 14.0. The van der Waals surface area contributed by atoms with Crippen LogP contribution in [0, 0.1) is 51.4 Å². The smallest absolute Gasteiger partial charge is 0.220 e. The van der Waals surface area contributed by atoms with Crippen molar-refractivity contribution in [2.45, 2.75) is 152 Å². The van der Waals surface area contributed by atoms with E-state index >= 15 is 0 Å². The Kier molecular flexibility index (Phi) is 11.7. The van der Waals surface area contributed by atoms with Gasteiger partial charge in [-0.1, -0.05) is 11.8 Å². The van der Waals surface area contributed by atoms with Crippen molar-refractivity contribution in [3.63, 3.8) is 0 Å². The number of hydrogen-bond donors (Lipinski definition) is 2. The lowest BCUT2D eigenvalue weighted by Gasteiger charge is -2.25. The minimum atomic E-state index is -1.30. The van der Waals surface area contributed by atoms with Crippen LogP contribution >= 0.6 is 34.4 Å². The number of anilines is 2. The van der Waals surface area contributed by atoms with Crippen LogP contribution in [0.1, 0.15) is 89.0 Å². The summed E-state index contributed by atoms with van der Waals surface area (Å²) < 4.78 is 40.0. The van der Waals surface area contributed by atoms with E-state index in [-0.39, 0.29) is 36.5 Å². The van der Waals surface area contributed by atoms with E-state index in [9.17, 15) is 4.21 Å². The molecule has 9 atom stereocenters. The quantitative estimate of drug-likeness (QED) is 0.0977. The SMILES string of the molecule is CSc1nc(C)c(-c2nc3c(C)nccc3s2)c(N[C@@H]2C[C@H](C3CC3)[C@H]3OC(C)(C)O[C@H]32)n1.Cc1nc(S(C)=O)nc(N[C@@H]2C[C@H](C3CC3)[C@H]3OC(C)(C)O[C@H]32)c1-c1nc2c(C)nccc2s1. The molecule has 2 saturated heterocycles. The monoisotopic (exact) mass is 982 g/mol. The Morgan fingerprint density at radius 2 is 1.07 bits per heavy atom. The van der Waals surface area contributed by atoms with Gasteiger partial charge >= 0.3 is 0 Å². The first-order chi connectivity index (χ1) is 32.0. The zero-order chi connectivity index (χ0) is 46.7. The average molecular weight is 983 g/mol. The zero-order valence-corrected chi connectivity index (χ0v) is 42.8. The van der Waals surface area contributed by atoms with E-state index in [2.05, 4.69) is 25.6 Å². The third kappa shape index (κ3) is 8.78. The van der Waals surface area contributed by atoms with Crippen LogP contribution in [-0.2, 0) is 29.7 Å². The first-order valence-corrected chi connectivity index (χ1v) is 27.8. The number of nitrogens with zero attached hydrogens (tertiary/aromatic N) is 8. The second kappa shape index (κ2) is 17.2. The number of nitrogens with one attached hydrogen (secondary N) is 2. The van der Waals surface area contributed by atoms with Crippen molar-refractivity contribution < 1.29 is 23.2 Å². The Bertz CT molecular complexity index is 2920. The Hall–Kier alpha value is -3.82. The lowest BCUT2D eigenvalue weighted by molar-refractivity contribution is -0.158. The molecule has 2 aliphatic heterocycles. The first kappa shape index (κ1) is 45.6. The van der Waals surface area contributed by atoms with Gasteiger partial charge in [0, 0.05) is 18.6 Å². The van der Waals surface area contributed by atoms with Crippen LogP contribution in [-0.4, -0.2) is 105 Å². The second-order valence-electron chi connectivity index (χ2n) is 19.9. The predicted molar refractivity (Wildman–Crippen MR) is 264 cm³/mol. The Labute approximate surface area is 405 Å². The first-order valence-electron chi connectivity index (χ1n) is 23.4.